The topological polar surface area (TPSA) is 29.1 Å². The Morgan fingerprint density at radius 1 is 1.24 bits per heavy atom. The van der Waals surface area contributed by atoms with Crippen LogP contribution in [0.5, 0.6) is 0 Å². The Kier molecular flexibility index (Phi) is 4.33. The van der Waals surface area contributed by atoms with E-state index in [9.17, 15) is 4.79 Å². The molecular formula is C13H10INOS. The van der Waals surface area contributed by atoms with E-state index < -0.39 is 0 Å². The van der Waals surface area contributed by atoms with E-state index in [1.165, 1.54) is 0 Å². The van der Waals surface area contributed by atoms with Gasteiger partial charge in [-0.25, -0.2) is 0 Å². The Morgan fingerprint density at radius 2 is 2.06 bits per heavy atom. The molecule has 0 aliphatic carbocycles. The Morgan fingerprint density at radius 3 is 2.76 bits per heavy atom. The van der Waals surface area contributed by atoms with Crippen molar-refractivity contribution in [2.45, 2.75) is 0 Å². The number of amides is 1. The molecule has 1 aromatic carbocycles. The summed E-state index contributed by atoms with van der Waals surface area (Å²) < 4.78 is 1.03. The molecular weight excluding hydrogens is 345 g/mol. The van der Waals surface area contributed by atoms with Crippen molar-refractivity contribution in [3.05, 3.63) is 56.3 Å². The highest BCUT2D eigenvalue weighted by Gasteiger charge is 2.01. The van der Waals surface area contributed by atoms with Crippen molar-refractivity contribution in [1.82, 2.24) is 0 Å². The van der Waals surface area contributed by atoms with E-state index in [1.807, 2.05) is 47.9 Å². The van der Waals surface area contributed by atoms with Gasteiger partial charge in [-0.15, -0.1) is 11.3 Å². The Labute approximate surface area is 118 Å². The molecule has 0 aliphatic heterocycles. The van der Waals surface area contributed by atoms with E-state index in [4.69, 9.17) is 0 Å². The van der Waals surface area contributed by atoms with Gasteiger partial charge < -0.3 is 5.32 Å². The van der Waals surface area contributed by atoms with Crippen LogP contribution in [0.15, 0.2) is 47.9 Å². The molecule has 1 amide bonds. The molecule has 0 unspecified atom stereocenters. The van der Waals surface area contributed by atoms with Gasteiger partial charge in [0.25, 0.3) is 0 Å². The van der Waals surface area contributed by atoms with Gasteiger partial charge in [0.15, 0.2) is 0 Å². The number of para-hydroxylation sites is 1. The lowest BCUT2D eigenvalue weighted by molar-refractivity contribution is -0.111. The third-order valence-electron chi connectivity index (χ3n) is 2.07. The average Bonchev–Trinajstić information content (AvgIpc) is 2.82. The molecule has 0 radical (unpaired) electrons. The fraction of sp³-hybridized carbons (Fsp3) is 0. The lowest BCUT2D eigenvalue weighted by Gasteiger charge is -2.03. The Bertz CT molecular complexity index is 534. The second kappa shape index (κ2) is 5.97. The van der Waals surface area contributed by atoms with Crippen molar-refractivity contribution in [3.63, 3.8) is 0 Å². The van der Waals surface area contributed by atoms with Crippen LogP contribution in [0.25, 0.3) is 6.08 Å². The third-order valence-corrected chi connectivity index (χ3v) is 3.85. The molecule has 1 N–H and O–H groups in total. The maximum absolute atomic E-state index is 11.7. The van der Waals surface area contributed by atoms with Crippen molar-refractivity contribution in [1.29, 1.82) is 0 Å². The van der Waals surface area contributed by atoms with Crippen LogP contribution in [0.3, 0.4) is 0 Å². The number of nitrogens with one attached hydrogen (secondary N) is 1. The van der Waals surface area contributed by atoms with Gasteiger partial charge in [0.2, 0.25) is 5.91 Å². The molecule has 2 aromatic rings. The summed E-state index contributed by atoms with van der Waals surface area (Å²) in [5.74, 6) is -0.109. The van der Waals surface area contributed by atoms with Crippen LogP contribution in [0.2, 0.25) is 0 Å². The fourth-order valence-corrected chi connectivity index (χ4v) is 2.42. The number of anilines is 1. The standard InChI is InChI=1S/C13H10INOS/c14-11-5-1-2-6-12(11)15-13(16)8-7-10-4-3-9-17-10/h1-9H,(H,15,16). The van der Waals surface area contributed by atoms with Crippen LogP contribution in [0.4, 0.5) is 5.69 Å². The number of halogens is 1. The van der Waals surface area contributed by atoms with E-state index in [0.717, 1.165) is 14.1 Å². The molecule has 86 valence electrons. The molecule has 0 saturated heterocycles. The quantitative estimate of drug-likeness (QED) is 0.654. The van der Waals surface area contributed by atoms with Crippen molar-refractivity contribution < 1.29 is 4.79 Å². The average molecular weight is 355 g/mol. The number of hydrogen-bond donors (Lipinski definition) is 1. The minimum absolute atomic E-state index is 0.109. The molecule has 2 rings (SSSR count). The van der Waals surface area contributed by atoms with Crippen molar-refractivity contribution in [3.8, 4) is 0 Å². The highest BCUT2D eigenvalue weighted by Crippen LogP contribution is 2.17. The smallest absolute Gasteiger partial charge is 0.248 e. The maximum Gasteiger partial charge on any atom is 0.248 e. The predicted octanol–water partition coefficient (Wildman–Crippen LogP) is 4.00. The zero-order valence-corrected chi connectivity index (χ0v) is 11.9. The molecule has 0 saturated carbocycles. The summed E-state index contributed by atoms with van der Waals surface area (Å²) in [7, 11) is 0. The van der Waals surface area contributed by atoms with Crippen molar-refractivity contribution >= 4 is 51.6 Å². The molecule has 0 fully saturated rings. The number of hydrogen-bond acceptors (Lipinski definition) is 2. The lowest BCUT2D eigenvalue weighted by atomic mass is 10.3. The third kappa shape index (κ3) is 3.67. The molecule has 1 heterocycles. The highest BCUT2D eigenvalue weighted by atomic mass is 127. The SMILES string of the molecule is O=C(C=Cc1cccs1)Nc1ccccc1I. The van der Waals surface area contributed by atoms with Gasteiger partial charge in [0, 0.05) is 14.5 Å². The lowest BCUT2D eigenvalue weighted by Crippen LogP contribution is -2.08. The second-order valence-electron chi connectivity index (χ2n) is 3.32. The summed E-state index contributed by atoms with van der Waals surface area (Å²) in [6, 6.07) is 11.6. The van der Waals surface area contributed by atoms with Crippen LogP contribution < -0.4 is 5.32 Å². The van der Waals surface area contributed by atoms with Crippen LogP contribution in [-0.4, -0.2) is 5.91 Å². The molecule has 0 aliphatic rings. The molecule has 0 bridgehead atoms. The van der Waals surface area contributed by atoms with E-state index >= 15 is 0 Å². The minimum Gasteiger partial charge on any atom is -0.322 e. The van der Waals surface area contributed by atoms with Gasteiger partial charge in [-0.1, -0.05) is 18.2 Å². The van der Waals surface area contributed by atoms with Crippen LogP contribution in [0.1, 0.15) is 4.88 Å². The first-order valence-corrected chi connectivity index (χ1v) is 6.98. The summed E-state index contributed by atoms with van der Waals surface area (Å²) >= 11 is 3.80. The van der Waals surface area contributed by atoms with Gasteiger partial charge in [0.05, 0.1) is 5.69 Å². The number of carbonyl (C=O) groups is 1. The molecule has 2 nitrogen and oxygen atoms in total. The minimum atomic E-state index is -0.109. The second-order valence-corrected chi connectivity index (χ2v) is 5.46. The largest absolute Gasteiger partial charge is 0.322 e. The van der Waals surface area contributed by atoms with E-state index in [1.54, 1.807) is 17.4 Å². The van der Waals surface area contributed by atoms with Crippen LogP contribution >= 0.6 is 33.9 Å². The van der Waals surface area contributed by atoms with E-state index in [0.29, 0.717) is 0 Å². The van der Waals surface area contributed by atoms with Gasteiger partial charge >= 0.3 is 0 Å². The van der Waals surface area contributed by atoms with Gasteiger partial charge in [-0.3, -0.25) is 4.79 Å². The summed E-state index contributed by atoms with van der Waals surface area (Å²) in [4.78, 5) is 12.7. The van der Waals surface area contributed by atoms with E-state index in [-0.39, 0.29) is 5.91 Å². The van der Waals surface area contributed by atoms with Crippen molar-refractivity contribution in [2.24, 2.45) is 0 Å². The normalized spacial score (nSPS) is 10.6. The first-order chi connectivity index (χ1) is 8.25. The molecule has 0 atom stereocenters. The molecule has 17 heavy (non-hydrogen) atoms. The number of carbonyl (C=O) groups excluding carboxylic acids is 1. The number of thiophene rings is 1. The number of benzene rings is 1. The summed E-state index contributed by atoms with van der Waals surface area (Å²) in [6.07, 6.45) is 3.37. The Hall–Kier alpha value is -1.14. The van der Waals surface area contributed by atoms with Crippen LogP contribution in [0, 0.1) is 3.57 Å². The first kappa shape index (κ1) is 12.3. The summed E-state index contributed by atoms with van der Waals surface area (Å²) in [5, 5.41) is 4.83. The zero-order valence-electron chi connectivity index (χ0n) is 8.89. The van der Waals surface area contributed by atoms with Crippen LogP contribution in [-0.2, 0) is 4.79 Å². The molecule has 1 aromatic heterocycles. The Balaban J connectivity index is 2.01. The predicted molar refractivity (Wildman–Crippen MR) is 81.1 cm³/mol. The van der Waals surface area contributed by atoms with Crippen molar-refractivity contribution in [2.75, 3.05) is 5.32 Å². The zero-order chi connectivity index (χ0) is 12.1. The summed E-state index contributed by atoms with van der Waals surface area (Å²) in [5.41, 5.74) is 0.842. The molecule has 0 spiro atoms. The molecule has 4 heteroatoms. The maximum atomic E-state index is 11.7. The summed E-state index contributed by atoms with van der Waals surface area (Å²) in [6.45, 7) is 0. The highest BCUT2D eigenvalue weighted by molar-refractivity contribution is 14.1. The van der Waals surface area contributed by atoms with Gasteiger partial charge in [0.1, 0.15) is 0 Å². The van der Waals surface area contributed by atoms with E-state index in [2.05, 4.69) is 27.9 Å². The number of rotatable bonds is 3. The fourth-order valence-electron chi connectivity index (χ4n) is 1.28. The first-order valence-electron chi connectivity index (χ1n) is 5.03. The van der Waals surface area contributed by atoms with Gasteiger partial charge in [-0.2, -0.15) is 0 Å². The monoisotopic (exact) mass is 355 g/mol. The van der Waals surface area contributed by atoms with Gasteiger partial charge in [-0.05, 0) is 52.2 Å².